The first-order chi connectivity index (χ1) is 9.52. The molecule has 0 fully saturated rings. The molecule has 7 heteroatoms. The Bertz CT molecular complexity index is 455. The molecule has 0 radical (unpaired) electrons. The second-order valence-electron chi connectivity index (χ2n) is 4.57. The molecule has 21 heavy (non-hydrogen) atoms. The van der Waals surface area contributed by atoms with Crippen LogP contribution in [0.4, 0.5) is 0 Å². The van der Waals surface area contributed by atoms with Crippen LogP contribution < -0.4 is 11.1 Å². The Balaban J connectivity index is 0.00000400. The highest BCUT2D eigenvalue weighted by atomic mass is 35.5. The molecule has 1 aromatic rings. The van der Waals surface area contributed by atoms with E-state index in [2.05, 4.69) is 5.32 Å². The van der Waals surface area contributed by atoms with Gasteiger partial charge in [-0.1, -0.05) is 18.5 Å². The van der Waals surface area contributed by atoms with Gasteiger partial charge >= 0.3 is 0 Å². The molecule has 0 aromatic heterocycles. The fraction of sp³-hybridized carbons (Fsp3) is 0.429. The first-order valence-electron chi connectivity index (χ1n) is 6.36. The Morgan fingerprint density at radius 1 is 1.29 bits per heavy atom. The van der Waals surface area contributed by atoms with E-state index in [1.807, 2.05) is 6.92 Å². The van der Waals surface area contributed by atoms with Crippen molar-refractivity contribution < 1.29 is 9.59 Å². The van der Waals surface area contributed by atoms with Crippen molar-refractivity contribution in [3.63, 3.8) is 0 Å². The molecule has 1 aromatic carbocycles. The molecule has 118 valence electrons. The molecular weight excluding hydrogens is 331 g/mol. The number of hydrogen-bond donors (Lipinski definition) is 2. The molecule has 0 heterocycles. The van der Waals surface area contributed by atoms with Crippen molar-refractivity contribution in [3.8, 4) is 0 Å². The number of Topliss-reactive ketones (excluding diaryl/α,β-unsaturated/α-hetero) is 1. The largest absolute Gasteiger partial charge is 0.355 e. The Kier molecular flexibility index (Phi) is 10.5. The summed E-state index contributed by atoms with van der Waals surface area (Å²) in [6.07, 6.45) is 0. The van der Waals surface area contributed by atoms with E-state index in [9.17, 15) is 9.59 Å². The van der Waals surface area contributed by atoms with Gasteiger partial charge in [0.2, 0.25) is 5.91 Å². The summed E-state index contributed by atoms with van der Waals surface area (Å²) in [5.41, 5.74) is 6.07. The summed E-state index contributed by atoms with van der Waals surface area (Å²) in [4.78, 5) is 23.4. The molecular formula is C14H20Cl2N2O2S. The average Bonchev–Trinajstić information content (AvgIpc) is 2.45. The lowest BCUT2D eigenvalue weighted by atomic mass is 10.1. The minimum absolute atomic E-state index is 0. The molecule has 1 rings (SSSR count). The van der Waals surface area contributed by atoms with Crippen LogP contribution in [0, 0.1) is 5.92 Å². The monoisotopic (exact) mass is 350 g/mol. The van der Waals surface area contributed by atoms with Crippen LogP contribution in [0.1, 0.15) is 17.3 Å². The van der Waals surface area contributed by atoms with E-state index in [1.165, 1.54) is 11.8 Å². The number of nitrogens with two attached hydrogens (primary N) is 1. The van der Waals surface area contributed by atoms with Gasteiger partial charge in [-0.15, -0.1) is 24.2 Å². The molecule has 0 aliphatic heterocycles. The highest BCUT2D eigenvalue weighted by Gasteiger charge is 2.08. The Hall–Kier alpha value is -0.750. The summed E-state index contributed by atoms with van der Waals surface area (Å²) in [7, 11) is 0. The number of amides is 1. The van der Waals surface area contributed by atoms with E-state index in [4.69, 9.17) is 17.3 Å². The molecule has 3 N–H and O–H groups in total. The highest BCUT2D eigenvalue weighted by molar-refractivity contribution is 8.00. The Morgan fingerprint density at radius 3 is 2.48 bits per heavy atom. The maximum absolute atomic E-state index is 11.8. The number of nitrogens with one attached hydrogen (secondary N) is 1. The van der Waals surface area contributed by atoms with Crippen molar-refractivity contribution in [3.05, 3.63) is 34.9 Å². The first-order valence-corrected chi connectivity index (χ1v) is 7.89. The first kappa shape index (κ1) is 20.2. The number of hydrogen-bond acceptors (Lipinski definition) is 4. The van der Waals surface area contributed by atoms with Gasteiger partial charge in [-0.3, -0.25) is 9.59 Å². The van der Waals surface area contributed by atoms with Crippen LogP contribution >= 0.6 is 35.8 Å². The third-order valence-corrected chi connectivity index (χ3v) is 3.87. The predicted molar refractivity (Wildman–Crippen MR) is 91.6 cm³/mol. The van der Waals surface area contributed by atoms with Crippen molar-refractivity contribution >= 4 is 47.5 Å². The van der Waals surface area contributed by atoms with Gasteiger partial charge in [0.25, 0.3) is 0 Å². The molecule has 1 unspecified atom stereocenters. The number of carbonyl (C=O) groups excluding carboxylic acids is 2. The van der Waals surface area contributed by atoms with Crippen LogP contribution in [0.15, 0.2) is 24.3 Å². The summed E-state index contributed by atoms with van der Waals surface area (Å²) in [6.45, 7) is 3.08. The quantitative estimate of drug-likeness (QED) is 0.706. The van der Waals surface area contributed by atoms with Crippen molar-refractivity contribution in [2.75, 3.05) is 24.6 Å². The zero-order chi connectivity index (χ0) is 15.0. The van der Waals surface area contributed by atoms with Crippen LogP contribution in [-0.2, 0) is 4.79 Å². The zero-order valence-corrected chi connectivity index (χ0v) is 14.2. The van der Waals surface area contributed by atoms with E-state index in [0.29, 0.717) is 23.7 Å². The van der Waals surface area contributed by atoms with E-state index < -0.39 is 0 Å². The molecule has 4 nitrogen and oxygen atoms in total. The van der Waals surface area contributed by atoms with Crippen LogP contribution in [0.25, 0.3) is 0 Å². The summed E-state index contributed by atoms with van der Waals surface area (Å²) in [6, 6.07) is 6.74. The van der Waals surface area contributed by atoms with Crippen LogP contribution in [0.5, 0.6) is 0 Å². The molecule has 0 aliphatic rings. The Labute approximate surface area is 140 Å². The fourth-order valence-corrected chi connectivity index (χ4v) is 2.25. The summed E-state index contributed by atoms with van der Waals surface area (Å²) in [5, 5.41) is 3.39. The average molecular weight is 351 g/mol. The van der Waals surface area contributed by atoms with E-state index >= 15 is 0 Å². The molecule has 0 saturated heterocycles. The van der Waals surface area contributed by atoms with E-state index in [-0.39, 0.29) is 41.5 Å². The lowest BCUT2D eigenvalue weighted by molar-refractivity contribution is -0.118. The van der Waals surface area contributed by atoms with Crippen molar-refractivity contribution in [2.24, 2.45) is 11.7 Å². The van der Waals surface area contributed by atoms with Crippen molar-refractivity contribution in [1.29, 1.82) is 0 Å². The highest BCUT2D eigenvalue weighted by Crippen LogP contribution is 2.12. The number of benzene rings is 1. The van der Waals surface area contributed by atoms with Gasteiger partial charge in [-0.2, -0.15) is 0 Å². The van der Waals surface area contributed by atoms with E-state index in [1.54, 1.807) is 24.3 Å². The van der Waals surface area contributed by atoms with Gasteiger partial charge in [0.05, 0.1) is 11.5 Å². The number of rotatable bonds is 8. The molecule has 1 atom stereocenters. The van der Waals surface area contributed by atoms with Gasteiger partial charge in [0.15, 0.2) is 5.78 Å². The predicted octanol–water partition coefficient (Wildman–Crippen LogP) is 2.39. The van der Waals surface area contributed by atoms with Crippen LogP contribution in [-0.4, -0.2) is 36.3 Å². The minimum atomic E-state index is -0.0702. The second-order valence-corrected chi connectivity index (χ2v) is 5.99. The van der Waals surface area contributed by atoms with Crippen LogP contribution in [0.3, 0.4) is 0 Å². The second kappa shape index (κ2) is 10.9. The third kappa shape index (κ3) is 8.31. The van der Waals surface area contributed by atoms with Gasteiger partial charge in [0.1, 0.15) is 0 Å². The minimum Gasteiger partial charge on any atom is -0.355 e. The summed E-state index contributed by atoms with van der Waals surface area (Å²) in [5.74, 6) is 0.742. The number of halogens is 2. The third-order valence-electron chi connectivity index (χ3n) is 2.68. The molecule has 0 bridgehead atoms. The summed E-state index contributed by atoms with van der Waals surface area (Å²) >= 11 is 7.06. The smallest absolute Gasteiger partial charge is 0.230 e. The van der Waals surface area contributed by atoms with Crippen molar-refractivity contribution in [1.82, 2.24) is 5.32 Å². The van der Waals surface area contributed by atoms with Gasteiger partial charge in [-0.05, 0) is 36.7 Å². The number of carbonyl (C=O) groups is 2. The molecule has 0 aliphatic carbocycles. The van der Waals surface area contributed by atoms with Crippen LogP contribution in [0.2, 0.25) is 5.02 Å². The lowest BCUT2D eigenvalue weighted by Gasteiger charge is -2.09. The molecule has 0 spiro atoms. The van der Waals surface area contributed by atoms with Gasteiger partial charge < -0.3 is 11.1 Å². The van der Waals surface area contributed by atoms with Gasteiger partial charge in [-0.25, -0.2) is 0 Å². The normalized spacial score (nSPS) is 11.4. The SMILES string of the molecule is CC(CN)CNC(=O)CSCC(=O)c1ccc(Cl)cc1.Cl. The number of ketones is 1. The lowest BCUT2D eigenvalue weighted by Crippen LogP contribution is -2.32. The Morgan fingerprint density at radius 2 is 1.90 bits per heavy atom. The van der Waals surface area contributed by atoms with E-state index in [0.717, 1.165) is 0 Å². The van der Waals surface area contributed by atoms with Gasteiger partial charge in [0, 0.05) is 17.1 Å². The topological polar surface area (TPSA) is 72.2 Å². The standard InChI is InChI=1S/C14H19ClN2O2S.ClH/c1-10(6-16)7-17-14(19)9-20-8-13(18)11-2-4-12(15)5-3-11;/h2-5,10H,6-9,16H2,1H3,(H,17,19);1H. The van der Waals surface area contributed by atoms with Crippen molar-refractivity contribution in [2.45, 2.75) is 6.92 Å². The molecule has 1 amide bonds. The maximum Gasteiger partial charge on any atom is 0.230 e. The number of thioether (sulfide) groups is 1. The molecule has 0 saturated carbocycles. The zero-order valence-electron chi connectivity index (χ0n) is 11.8. The maximum atomic E-state index is 11.8. The summed E-state index contributed by atoms with van der Waals surface area (Å²) < 4.78 is 0. The fourth-order valence-electron chi connectivity index (χ4n) is 1.38.